The third kappa shape index (κ3) is 2.25. The van der Waals surface area contributed by atoms with Gasteiger partial charge in [-0.25, -0.2) is 4.79 Å². The highest BCUT2D eigenvalue weighted by atomic mass is 35.5. The Morgan fingerprint density at radius 1 is 1.32 bits per heavy atom. The molecule has 0 spiro atoms. The molecule has 0 aliphatic carbocycles. The van der Waals surface area contributed by atoms with Gasteiger partial charge in [-0.15, -0.1) is 11.3 Å². The lowest BCUT2D eigenvalue weighted by Crippen LogP contribution is -2.03. The average molecular weight is 292 g/mol. The minimum Gasteiger partial charge on any atom is -0.477 e. The Labute approximate surface area is 118 Å². The molecule has 0 radical (unpaired) electrons. The molecule has 0 fully saturated rings. The van der Waals surface area contributed by atoms with Gasteiger partial charge in [-0.05, 0) is 40.6 Å². The fourth-order valence-corrected chi connectivity index (χ4v) is 3.05. The van der Waals surface area contributed by atoms with E-state index in [-0.39, 0.29) is 0 Å². The molecule has 2 heterocycles. The topological polar surface area (TPSA) is 42.2 Å². The summed E-state index contributed by atoms with van der Waals surface area (Å²) in [6.45, 7) is 0.537. The third-order valence-corrected chi connectivity index (χ3v) is 4.20. The highest BCUT2D eigenvalue weighted by Crippen LogP contribution is 2.24. The van der Waals surface area contributed by atoms with E-state index < -0.39 is 5.97 Å². The Morgan fingerprint density at radius 3 is 2.95 bits per heavy atom. The smallest absolute Gasteiger partial charge is 0.346 e. The van der Waals surface area contributed by atoms with Crippen LogP contribution < -0.4 is 0 Å². The van der Waals surface area contributed by atoms with Crippen molar-refractivity contribution >= 4 is 39.8 Å². The van der Waals surface area contributed by atoms with Gasteiger partial charge in [0.2, 0.25) is 0 Å². The van der Waals surface area contributed by atoms with Crippen LogP contribution in [0.15, 0.2) is 41.9 Å². The zero-order chi connectivity index (χ0) is 13.4. The number of benzene rings is 1. The number of fused-ring (bicyclic) bond motifs is 1. The maximum absolute atomic E-state index is 11.1. The van der Waals surface area contributed by atoms with Gasteiger partial charge in [0.25, 0.3) is 0 Å². The maximum Gasteiger partial charge on any atom is 0.346 e. The second-order valence-electron chi connectivity index (χ2n) is 4.23. The van der Waals surface area contributed by atoms with E-state index in [1.807, 2.05) is 41.1 Å². The summed E-state index contributed by atoms with van der Waals surface area (Å²) in [4.78, 5) is 11.5. The largest absolute Gasteiger partial charge is 0.477 e. The number of hydrogen-bond donors (Lipinski definition) is 1. The summed E-state index contributed by atoms with van der Waals surface area (Å²) in [6.07, 6.45) is 1.95. The number of carbonyl (C=O) groups is 1. The predicted octanol–water partition coefficient (Wildman–Crippen LogP) is 4.10. The summed E-state index contributed by atoms with van der Waals surface area (Å²) in [6, 6.07) is 9.55. The van der Waals surface area contributed by atoms with Gasteiger partial charge in [0, 0.05) is 23.3 Å². The van der Waals surface area contributed by atoms with E-state index in [1.54, 1.807) is 5.38 Å². The predicted molar refractivity (Wildman–Crippen MR) is 77.3 cm³/mol. The second kappa shape index (κ2) is 4.72. The van der Waals surface area contributed by atoms with Crippen molar-refractivity contribution in [3.63, 3.8) is 0 Å². The van der Waals surface area contributed by atoms with Crippen molar-refractivity contribution in [3.05, 3.63) is 57.4 Å². The number of carboxylic acids is 1. The maximum atomic E-state index is 11.1. The molecule has 1 N–H and O–H groups in total. The summed E-state index contributed by atoms with van der Waals surface area (Å²) in [5.74, 6) is -0.875. The normalized spacial score (nSPS) is 11.0. The third-order valence-electron chi connectivity index (χ3n) is 3.02. The highest BCUT2D eigenvalue weighted by molar-refractivity contribution is 7.12. The van der Waals surface area contributed by atoms with E-state index in [2.05, 4.69) is 0 Å². The molecule has 2 aromatic heterocycles. The molecule has 3 nitrogen and oxygen atoms in total. The molecule has 96 valence electrons. The van der Waals surface area contributed by atoms with Gasteiger partial charge in [-0.3, -0.25) is 0 Å². The van der Waals surface area contributed by atoms with Crippen LogP contribution in [0.25, 0.3) is 10.9 Å². The van der Waals surface area contributed by atoms with Gasteiger partial charge in [0.15, 0.2) is 0 Å². The van der Waals surface area contributed by atoms with Crippen molar-refractivity contribution in [3.8, 4) is 0 Å². The van der Waals surface area contributed by atoms with Crippen molar-refractivity contribution in [2.75, 3.05) is 0 Å². The lowest BCUT2D eigenvalue weighted by Gasteiger charge is -2.05. The molecule has 3 rings (SSSR count). The molecule has 19 heavy (non-hydrogen) atoms. The number of nitrogens with zero attached hydrogens (tertiary/aromatic N) is 1. The van der Waals surface area contributed by atoms with E-state index in [9.17, 15) is 4.79 Å². The molecule has 0 bridgehead atoms. The van der Waals surface area contributed by atoms with Crippen molar-refractivity contribution in [1.29, 1.82) is 0 Å². The van der Waals surface area contributed by atoms with Crippen LogP contribution in [-0.4, -0.2) is 15.6 Å². The first-order valence-corrected chi connectivity index (χ1v) is 6.95. The van der Waals surface area contributed by atoms with Gasteiger partial charge in [-0.1, -0.05) is 17.7 Å². The Balaban J connectivity index is 2.03. The molecule has 3 aromatic rings. The minimum atomic E-state index is -0.875. The molecule has 0 amide bonds. The van der Waals surface area contributed by atoms with Gasteiger partial charge in [0.05, 0.1) is 0 Å². The van der Waals surface area contributed by atoms with Gasteiger partial charge >= 0.3 is 5.97 Å². The lowest BCUT2D eigenvalue weighted by molar-refractivity contribution is 0.0701. The van der Waals surface area contributed by atoms with E-state index in [0.29, 0.717) is 16.4 Å². The molecule has 0 aliphatic heterocycles. The van der Waals surface area contributed by atoms with E-state index >= 15 is 0 Å². The Morgan fingerprint density at radius 2 is 2.16 bits per heavy atom. The monoisotopic (exact) mass is 291 g/mol. The van der Waals surface area contributed by atoms with Crippen LogP contribution in [0.3, 0.4) is 0 Å². The Hall–Kier alpha value is -1.78. The molecule has 0 saturated carbocycles. The quantitative estimate of drug-likeness (QED) is 0.789. The summed E-state index contributed by atoms with van der Waals surface area (Å²) in [5, 5.41) is 12.7. The van der Waals surface area contributed by atoms with Crippen molar-refractivity contribution in [2.45, 2.75) is 6.54 Å². The standard InChI is InChI=1S/C14H10ClNO2S/c15-11-2-1-9-3-5-16(12(9)7-11)8-10-4-6-19-13(10)14(17)18/h1-7H,8H2,(H,17,18). The number of halogens is 1. The van der Waals surface area contributed by atoms with Gasteiger partial charge in [0.1, 0.15) is 4.88 Å². The summed E-state index contributed by atoms with van der Waals surface area (Å²) < 4.78 is 2.01. The van der Waals surface area contributed by atoms with Gasteiger partial charge in [-0.2, -0.15) is 0 Å². The van der Waals surface area contributed by atoms with Crippen LogP contribution in [0.4, 0.5) is 0 Å². The fourth-order valence-electron chi connectivity index (χ4n) is 2.13. The summed E-state index contributed by atoms with van der Waals surface area (Å²) in [5.41, 5.74) is 1.82. The first-order valence-electron chi connectivity index (χ1n) is 5.69. The SMILES string of the molecule is O=C(O)c1sccc1Cn1ccc2ccc(Cl)cc21. The highest BCUT2D eigenvalue weighted by Gasteiger charge is 2.12. The molecule has 0 unspecified atom stereocenters. The molecule has 0 atom stereocenters. The van der Waals surface area contributed by atoms with Crippen LogP contribution in [0, 0.1) is 0 Å². The first kappa shape index (κ1) is 12.3. The summed E-state index contributed by atoms with van der Waals surface area (Å²) in [7, 11) is 0. The number of aromatic carboxylic acids is 1. The molecule has 0 saturated heterocycles. The number of aromatic nitrogens is 1. The number of carboxylic acid groups (broad SMARTS) is 1. The average Bonchev–Trinajstić information content (AvgIpc) is 2.97. The molecule has 0 aliphatic rings. The number of hydrogen-bond acceptors (Lipinski definition) is 2. The van der Waals surface area contributed by atoms with Crippen LogP contribution in [-0.2, 0) is 6.54 Å². The van der Waals surface area contributed by atoms with Crippen molar-refractivity contribution < 1.29 is 9.90 Å². The van der Waals surface area contributed by atoms with E-state index in [0.717, 1.165) is 16.5 Å². The van der Waals surface area contributed by atoms with Crippen LogP contribution in [0.5, 0.6) is 0 Å². The molecular formula is C14H10ClNO2S. The Kier molecular flexibility index (Phi) is 3.05. The van der Waals surface area contributed by atoms with Crippen molar-refractivity contribution in [1.82, 2.24) is 4.57 Å². The molecule has 5 heteroatoms. The number of thiophene rings is 1. The zero-order valence-corrected chi connectivity index (χ0v) is 11.4. The van der Waals surface area contributed by atoms with Crippen LogP contribution >= 0.6 is 22.9 Å². The summed E-state index contributed by atoms with van der Waals surface area (Å²) >= 11 is 7.25. The lowest BCUT2D eigenvalue weighted by atomic mass is 10.2. The zero-order valence-electron chi connectivity index (χ0n) is 9.84. The number of rotatable bonds is 3. The molecule has 1 aromatic carbocycles. The second-order valence-corrected chi connectivity index (χ2v) is 5.58. The first-order chi connectivity index (χ1) is 9.15. The van der Waals surface area contributed by atoms with E-state index in [1.165, 1.54) is 11.3 Å². The van der Waals surface area contributed by atoms with Crippen LogP contribution in [0.2, 0.25) is 5.02 Å². The van der Waals surface area contributed by atoms with Gasteiger partial charge < -0.3 is 9.67 Å². The van der Waals surface area contributed by atoms with Crippen LogP contribution in [0.1, 0.15) is 15.2 Å². The van der Waals surface area contributed by atoms with E-state index in [4.69, 9.17) is 16.7 Å². The molecular weight excluding hydrogens is 282 g/mol. The minimum absolute atomic E-state index is 0.392. The fraction of sp³-hybridized carbons (Fsp3) is 0.0714. The Bertz CT molecular complexity index is 760. The van der Waals surface area contributed by atoms with Crippen molar-refractivity contribution in [2.24, 2.45) is 0 Å².